The Kier molecular flexibility index (Phi) is 3.52. The summed E-state index contributed by atoms with van der Waals surface area (Å²) in [5.41, 5.74) is -0.887. The molecule has 0 spiro atoms. The Morgan fingerprint density at radius 3 is 2.50 bits per heavy atom. The van der Waals surface area contributed by atoms with Gasteiger partial charge in [-0.3, -0.25) is 0 Å². The molecule has 1 saturated heterocycles. The fourth-order valence-electron chi connectivity index (χ4n) is 2.76. The lowest BCUT2D eigenvalue weighted by Gasteiger charge is -2.46. The molecule has 1 fully saturated rings. The van der Waals surface area contributed by atoms with Gasteiger partial charge in [-0.15, -0.1) is 0 Å². The molecule has 1 aromatic rings. The third-order valence-corrected chi connectivity index (χ3v) is 4.00. The topological polar surface area (TPSA) is 87.0 Å². The number of hydrogen-bond donors (Lipinski definition) is 3. The first-order chi connectivity index (χ1) is 9.16. The summed E-state index contributed by atoms with van der Waals surface area (Å²) in [7, 11) is 0. The molecule has 0 unspecified atom stereocenters. The van der Waals surface area contributed by atoms with Crippen molar-refractivity contribution in [2.75, 3.05) is 0 Å². The molecular weight excluding hydrogens is 260 g/mol. The minimum absolute atomic E-state index is 0.0324. The van der Waals surface area contributed by atoms with E-state index >= 15 is 0 Å². The smallest absolute Gasteiger partial charge is 0.335 e. The van der Waals surface area contributed by atoms with E-state index in [-0.39, 0.29) is 11.3 Å². The Morgan fingerprint density at radius 2 is 2.00 bits per heavy atom. The van der Waals surface area contributed by atoms with Crippen LogP contribution in [0.5, 0.6) is 5.75 Å². The minimum atomic E-state index is -1.09. The van der Waals surface area contributed by atoms with Crippen LogP contribution in [0.2, 0.25) is 0 Å². The number of aromatic carboxylic acids is 1. The summed E-state index contributed by atoms with van der Waals surface area (Å²) in [6, 6.07) is 4.25. The van der Waals surface area contributed by atoms with Crippen LogP contribution in [0.15, 0.2) is 18.2 Å². The highest BCUT2D eigenvalue weighted by molar-refractivity contribution is 5.88. The van der Waals surface area contributed by atoms with Gasteiger partial charge in [-0.25, -0.2) is 4.79 Å². The van der Waals surface area contributed by atoms with Crippen LogP contribution < -0.4 is 0 Å². The van der Waals surface area contributed by atoms with E-state index in [4.69, 9.17) is 9.84 Å². The highest BCUT2D eigenvalue weighted by Crippen LogP contribution is 2.44. The number of carboxylic acid groups (broad SMARTS) is 1. The van der Waals surface area contributed by atoms with Crippen LogP contribution >= 0.6 is 0 Å². The molecule has 0 saturated carbocycles. The van der Waals surface area contributed by atoms with Crippen LogP contribution in [0.25, 0.3) is 0 Å². The summed E-state index contributed by atoms with van der Waals surface area (Å²) in [5, 5.41) is 28.9. The molecule has 5 nitrogen and oxygen atoms in total. The third-order valence-electron chi connectivity index (χ3n) is 4.00. The number of carboxylic acids is 1. The molecule has 0 aromatic heterocycles. The SMILES string of the molecule is CC1(C)O[C@@](C)(c2ccc(C(=O)O)cc2O)CC[C@@H]1O. The average molecular weight is 280 g/mol. The number of aromatic hydroxyl groups is 1. The van der Waals surface area contributed by atoms with Gasteiger partial charge in [0.25, 0.3) is 0 Å². The number of hydrogen-bond acceptors (Lipinski definition) is 4. The summed E-state index contributed by atoms with van der Waals surface area (Å²) >= 11 is 0. The number of phenolic OH excluding ortho intramolecular Hbond substituents is 1. The minimum Gasteiger partial charge on any atom is -0.508 e. The average Bonchev–Trinajstić information content (AvgIpc) is 2.33. The number of aliphatic hydroxyl groups is 1. The molecule has 2 atom stereocenters. The molecule has 0 radical (unpaired) electrons. The fourth-order valence-corrected chi connectivity index (χ4v) is 2.76. The van der Waals surface area contributed by atoms with Crippen molar-refractivity contribution in [3.05, 3.63) is 29.3 Å². The predicted octanol–water partition coefficient (Wildman–Crippen LogP) is 2.26. The van der Waals surface area contributed by atoms with Crippen molar-refractivity contribution in [1.29, 1.82) is 0 Å². The summed E-state index contributed by atoms with van der Waals surface area (Å²) in [4.78, 5) is 10.9. The number of rotatable bonds is 2. The van der Waals surface area contributed by atoms with Crippen LogP contribution in [0.1, 0.15) is 49.5 Å². The quantitative estimate of drug-likeness (QED) is 0.773. The van der Waals surface area contributed by atoms with Gasteiger partial charge in [0, 0.05) is 5.56 Å². The van der Waals surface area contributed by atoms with E-state index in [2.05, 4.69) is 0 Å². The van der Waals surface area contributed by atoms with Gasteiger partial charge < -0.3 is 20.1 Å². The zero-order chi connectivity index (χ0) is 15.1. The van der Waals surface area contributed by atoms with E-state index in [9.17, 15) is 15.0 Å². The van der Waals surface area contributed by atoms with Crippen LogP contribution in [0, 0.1) is 0 Å². The first-order valence-corrected chi connectivity index (χ1v) is 6.61. The number of phenols is 1. The highest BCUT2D eigenvalue weighted by atomic mass is 16.5. The van der Waals surface area contributed by atoms with E-state index in [1.54, 1.807) is 19.9 Å². The van der Waals surface area contributed by atoms with Crippen LogP contribution in [-0.2, 0) is 10.3 Å². The monoisotopic (exact) mass is 280 g/mol. The molecule has 0 amide bonds. The summed E-state index contributed by atoms with van der Waals surface area (Å²) in [6.45, 7) is 5.45. The number of benzene rings is 1. The molecule has 5 heteroatoms. The van der Waals surface area contributed by atoms with Gasteiger partial charge in [0.15, 0.2) is 0 Å². The lowest BCUT2D eigenvalue weighted by molar-refractivity contribution is -0.219. The second kappa shape index (κ2) is 4.75. The molecule has 1 aromatic carbocycles. The second-order valence-electron chi connectivity index (χ2n) is 6.03. The van der Waals surface area contributed by atoms with Crippen molar-refractivity contribution < 1.29 is 24.9 Å². The first kappa shape index (κ1) is 14.8. The van der Waals surface area contributed by atoms with Crippen LogP contribution in [-0.4, -0.2) is 33.0 Å². The van der Waals surface area contributed by atoms with Gasteiger partial charge in [0.1, 0.15) is 5.75 Å². The van der Waals surface area contributed by atoms with Gasteiger partial charge in [-0.2, -0.15) is 0 Å². The maximum absolute atomic E-state index is 10.9. The second-order valence-corrected chi connectivity index (χ2v) is 6.03. The van der Waals surface area contributed by atoms with E-state index in [0.717, 1.165) is 0 Å². The number of carbonyl (C=O) groups is 1. The first-order valence-electron chi connectivity index (χ1n) is 6.61. The Balaban J connectivity index is 2.38. The summed E-state index contributed by atoms with van der Waals surface area (Å²) < 4.78 is 5.98. The zero-order valence-corrected chi connectivity index (χ0v) is 11.9. The van der Waals surface area contributed by atoms with Gasteiger partial charge in [-0.05, 0) is 45.7 Å². The van der Waals surface area contributed by atoms with Gasteiger partial charge in [0.05, 0.1) is 22.9 Å². The third kappa shape index (κ3) is 2.51. The summed E-state index contributed by atoms with van der Waals surface area (Å²) in [5.74, 6) is -1.18. The van der Waals surface area contributed by atoms with Gasteiger partial charge >= 0.3 is 5.97 Å². The van der Waals surface area contributed by atoms with Crippen molar-refractivity contribution in [2.24, 2.45) is 0 Å². The Bertz CT molecular complexity index is 537. The van der Waals surface area contributed by atoms with Gasteiger partial charge in [-0.1, -0.05) is 6.07 Å². The molecule has 20 heavy (non-hydrogen) atoms. The van der Waals surface area contributed by atoms with Crippen molar-refractivity contribution in [3.63, 3.8) is 0 Å². The van der Waals surface area contributed by atoms with Crippen molar-refractivity contribution >= 4 is 5.97 Å². The zero-order valence-electron chi connectivity index (χ0n) is 11.9. The molecule has 0 bridgehead atoms. The van der Waals surface area contributed by atoms with E-state index in [0.29, 0.717) is 18.4 Å². The lowest BCUT2D eigenvalue weighted by Crippen LogP contribution is -2.50. The van der Waals surface area contributed by atoms with Crippen LogP contribution in [0.4, 0.5) is 0 Å². The highest BCUT2D eigenvalue weighted by Gasteiger charge is 2.44. The molecule has 2 rings (SSSR count). The molecule has 1 aliphatic heterocycles. The Morgan fingerprint density at radius 1 is 1.35 bits per heavy atom. The maximum Gasteiger partial charge on any atom is 0.335 e. The number of aliphatic hydroxyl groups excluding tert-OH is 1. The van der Waals surface area contributed by atoms with E-state index in [1.807, 2.05) is 6.92 Å². The van der Waals surface area contributed by atoms with Crippen molar-refractivity contribution in [2.45, 2.75) is 50.9 Å². The standard InChI is InChI=1S/C15H20O5/c1-14(2)12(17)6-7-15(3,20-14)10-5-4-9(13(18)19)8-11(10)16/h4-5,8,12,16-17H,6-7H2,1-3H3,(H,18,19)/t12-,15+/m0/s1. The normalized spacial score (nSPS) is 29.1. The molecule has 0 aliphatic carbocycles. The molecule has 110 valence electrons. The largest absolute Gasteiger partial charge is 0.508 e. The lowest BCUT2D eigenvalue weighted by atomic mass is 9.81. The molecule has 3 N–H and O–H groups in total. The molecule has 1 aliphatic rings. The number of ether oxygens (including phenoxy) is 1. The molecular formula is C15H20O5. The maximum atomic E-state index is 10.9. The fraction of sp³-hybridized carbons (Fsp3) is 0.533. The predicted molar refractivity (Wildman–Crippen MR) is 72.8 cm³/mol. The van der Waals surface area contributed by atoms with E-state index < -0.39 is 23.3 Å². The summed E-state index contributed by atoms with van der Waals surface area (Å²) in [6.07, 6.45) is 0.553. The van der Waals surface area contributed by atoms with Gasteiger partial charge in [0.2, 0.25) is 0 Å². The van der Waals surface area contributed by atoms with Crippen molar-refractivity contribution in [3.8, 4) is 5.75 Å². The van der Waals surface area contributed by atoms with Crippen LogP contribution in [0.3, 0.4) is 0 Å². The van der Waals surface area contributed by atoms with Crippen molar-refractivity contribution in [1.82, 2.24) is 0 Å². The van der Waals surface area contributed by atoms with E-state index in [1.165, 1.54) is 12.1 Å². The molecule has 1 heterocycles. The Labute approximate surface area is 117 Å². The Hall–Kier alpha value is -1.59.